The van der Waals surface area contributed by atoms with Gasteiger partial charge < -0.3 is 19.9 Å². The van der Waals surface area contributed by atoms with Crippen LogP contribution in [0.2, 0.25) is 0 Å². The zero-order chi connectivity index (χ0) is 18.2. The van der Waals surface area contributed by atoms with Crippen molar-refractivity contribution in [2.24, 2.45) is 5.73 Å². The summed E-state index contributed by atoms with van der Waals surface area (Å²) in [6, 6.07) is 8.07. The third-order valence-corrected chi connectivity index (χ3v) is 4.44. The molecule has 6 nitrogen and oxygen atoms in total. The first kappa shape index (κ1) is 17.7. The van der Waals surface area contributed by atoms with E-state index in [1.165, 1.54) is 0 Å². The normalized spacial score (nSPS) is 19.9. The van der Waals surface area contributed by atoms with Crippen molar-refractivity contribution < 1.29 is 9.53 Å². The molecule has 136 valence electrons. The Morgan fingerprint density at radius 2 is 2.08 bits per heavy atom. The molecule has 2 atom stereocenters. The van der Waals surface area contributed by atoms with Crippen LogP contribution in [0, 0.1) is 0 Å². The molecule has 1 amide bonds. The summed E-state index contributed by atoms with van der Waals surface area (Å²) in [5.74, 6) is 0.872. The van der Waals surface area contributed by atoms with Crippen molar-refractivity contribution in [3.05, 3.63) is 30.1 Å². The molecule has 6 heteroatoms. The highest BCUT2D eigenvalue weighted by atomic mass is 16.6. The number of piperidine rings is 1. The van der Waals surface area contributed by atoms with Gasteiger partial charge in [0.2, 0.25) is 0 Å². The quantitative estimate of drug-likeness (QED) is 0.903. The number of nitrogens with zero attached hydrogens (tertiary/aromatic N) is 3. The highest BCUT2D eigenvalue weighted by Gasteiger charge is 2.30. The summed E-state index contributed by atoms with van der Waals surface area (Å²) in [7, 11) is 0. The second-order valence-electron chi connectivity index (χ2n) is 7.84. The van der Waals surface area contributed by atoms with Gasteiger partial charge in [-0.2, -0.15) is 0 Å². The Kier molecular flexibility index (Phi) is 4.73. The number of nitrogens with two attached hydrogens (primary N) is 1. The lowest BCUT2D eigenvalue weighted by Gasteiger charge is -2.35. The summed E-state index contributed by atoms with van der Waals surface area (Å²) in [4.78, 5) is 19.0. The predicted molar refractivity (Wildman–Crippen MR) is 98.4 cm³/mol. The van der Waals surface area contributed by atoms with Gasteiger partial charge >= 0.3 is 6.09 Å². The molecule has 1 aliphatic rings. The molecule has 1 aliphatic heterocycles. The Morgan fingerprint density at radius 3 is 2.76 bits per heavy atom. The fourth-order valence-electron chi connectivity index (χ4n) is 3.43. The molecule has 1 saturated heterocycles. The zero-order valence-electron chi connectivity index (χ0n) is 15.5. The summed E-state index contributed by atoms with van der Waals surface area (Å²) in [5.41, 5.74) is 7.71. The van der Waals surface area contributed by atoms with Crippen LogP contribution in [0.5, 0.6) is 0 Å². The highest BCUT2D eigenvalue weighted by molar-refractivity contribution is 5.76. The van der Waals surface area contributed by atoms with E-state index < -0.39 is 5.60 Å². The highest BCUT2D eigenvalue weighted by Crippen LogP contribution is 2.30. The number of hydrogen-bond donors (Lipinski definition) is 1. The Balaban J connectivity index is 1.90. The Morgan fingerprint density at radius 1 is 1.36 bits per heavy atom. The lowest BCUT2D eigenvalue weighted by molar-refractivity contribution is 0.0173. The number of carbonyl (C=O) groups is 1. The van der Waals surface area contributed by atoms with Crippen LogP contribution in [0.4, 0.5) is 4.79 Å². The summed E-state index contributed by atoms with van der Waals surface area (Å²) in [5, 5.41) is 0. The van der Waals surface area contributed by atoms with Gasteiger partial charge in [0.15, 0.2) is 0 Å². The maximum Gasteiger partial charge on any atom is 0.410 e. The first-order chi connectivity index (χ1) is 11.8. The molecule has 25 heavy (non-hydrogen) atoms. The summed E-state index contributed by atoms with van der Waals surface area (Å²) in [6.45, 7) is 8.98. The van der Waals surface area contributed by atoms with Gasteiger partial charge in [-0.15, -0.1) is 0 Å². The number of rotatable bonds is 2. The maximum absolute atomic E-state index is 12.5. The smallest absolute Gasteiger partial charge is 0.410 e. The van der Waals surface area contributed by atoms with Gasteiger partial charge in [0.1, 0.15) is 11.4 Å². The van der Waals surface area contributed by atoms with E-state index in [0.717, 1.165) is 36.2 Å². The second-order valence-corrected chi connectivity index (χ2v) is 7.84. The lowest BCUT2D eigenvalue weighted by Crippen LogP contribution is -2.43. The van der Waals surface area contributed by atoms with Crippen LogP contribution >= 0.6 is 0 Å². The van der Waals surface area contributed by atoms with E-state index in [0.29, 0.717) is 6.54 Å². The molecule has 2 heterocycles. The molecule has 2 aromatic rings. The van der Waals surface area contributed by atoms with E-state index in [2.05, 4.69) is 10.6 Å². The molecule has 1 fully saturated rings. The van der Waals surface area contributed by atoms with Crippen LogP contribution in [-0.2, 0) is 4.74 Å². The average Bonchev–Trinajstić information content (AvgIpc) is 2.93. The minimum Gasteiger partial charge on any atom is -0.444 e. The third-order valence-electron chi connectivity index (χ3n) is 4.44. The van der Waals surface area contributed by atoms with Crippen LogP contribution in [0.3, 0.4) is 0 Å². The van der Waals surface area contributed by atoms with Gasteiger partial charge in [0.25, 0.3) is 0 Å². The number of carbonyl (C=O) groups excluding carboxylic acids is 1. The summed E-state index contributed by atoms with van der Waals surface area (Å²) >= 11 is 0. The van der Waals surface area contributed by atoms with Gasteiger partial charge in [-0.1, -0.05) is 12.1 Å². The number of imidazole rings is 1. The predicted octanol–water partition coefficient (Wildman–Crippen LogP) is 3.63. The molecule has 2 N–H and O–H groups in total. The first-order valence-corrected chi connectivity index (χ1v) is 8.96. The number of amides is 1. The van der Waals surface area contributed by atoms with Crippen LogP contribution in [0.15, 0.2) is 24.3 Å². The average molecular weight is 344 g/mol. The molecule has 1 aromatic heterocycles. The monoisotopic (exact) mass is 344 g/mol. The van der Waals surface area contributed by atoms with Gasteiger partial charge in [0.05, 0.1) is 23.1 Å². The van der Waals surface area contributed by atoms with E-state index >= 15 is 0 Å². The molecule has 0 radical (unpaired) electrons. The molecule has 1 aromatic carbocycles. The van der Waals surface area contributed by atoms with Crippen molar-refractivity contribution in [3.63, 3.8) is 0 Å². The minimum absolute atomic E-state index is 0.162. The summed E-state index contributed by atoms with van der Waals surface area (Å²) < 4.78 is 7.76. The number of hydrogen-bond acceptors (Lipinski definition) is 4. The molecule has 0 spiro atoms. The first-order valence-electron chi connectivity index (χ1n) is 8.96. The van der Waals surface area contributed by atoms with E-state index in [4.69, 9.17) is 15.5 Å². The van der Waals surface area contributed by atoms with Gasteiger partial charge in [-0.05, 0) is 52.7 Å². The van der Waals surface area contributed by atoms with Crippen LogP contribution in [0.1, 0.15) is 58.4 Å². The van der Waals surface area contributed by atoms with Crippen LogP contribution < -0.4 is 5.73 Å². The van der Waals surface area contributed by atoms with E-state index in [-0.39, 0.29) is 18.2 Å². The topological polar surface area (TPSA) is 73.4 Å². The van der Waals surface area contributed by atoms with Gasteiger partial charge in [-0.25, -0.2) is 9.78 Å². The molecule has 0 saturated carbocycles. The third kappa shape index (κ3) is 3.79. The number of fused-ring (bicyclic) bond motifs is 1. The van der Waals surface area contributed by atoms with E-state index in [1.807, 2.05) is 45.9 Å². The number of likely N-dealkylation sites (tertiary alicyclic amines) is 1. The Bertz CT molecular complexity index is 760. The number of benzene rings is 1. The van der Waals surface area contributed by atoms with Crippen molar-refractivity contribution in [1.82, 2.24) is 14.5 Å². The van der Waals surface area contributed by atoms with Crippen molar-refractivity contribution in [2.45, 2.75) is 58.2 Å². The fourth-order valence-corrected chi connectivity index (χ4v) is 3.43. The van der Waals surface area contributed by atoms with Crippen LogP contribution in [-0.4, -0.2) is 39.2 Å². The van der Waals surface area contributed by atoms with Crippen molar-refractivity contribution in [3.8, 4) is 0 Å². The van der Waals surface area contributed by atoms with Crippen molar-refractivity contribution in [2.75, 3.05) is 13.1 Å². The maximum atomic E-state index is 12.5. The molecule has 0 bridgehead atoms. The van der Waals surface area contributed by atoms with Crippen molar-refractivity contribution in [1.29, 1.82) is 0 Å². The largest absolute Gasteiger partial charge is 0.444 e. The van der Waals surface area contributed by atoms with Gasteiger partial charge in [0, 0.05) is 13.1 Å². The molecular formula is C19H28N4O2. The van der Waals surface area contributed by atoms with Crippen LogP contribution in [0.25, 0.3) is 11.0 Å². The lowest BCUT2D eigenvalue weighted by atomic mass is 10.0. The second kappa shape index (κ2) is 6.67. The minimum atomic E-state index is -0.483. The molecule has 0 aliphatic carbocycles. The summed E-state index contributed by atoms with van der Waals surface area (Å²) in [6.07, 6.45) is 1.69. The fraction of sp³-hybridized carbons (Fsp3) is 0.579. The van der Waals surface area contributed by atoms with Gasteiger partial charge in [-0.3, -0.25) is 0 Å². The van der Waals surface area contributed by atoms with Crippen molar-refractivity contribution >= 4 is 17.1 Å². The van der Waals surface area contributed by atoms with E-state index in [1.54, 1.807) is 4.90 Å². The Labute approximate surface area is 149 Å². The molecule has 3 rings (SSSR count). The Hall–Kier alpha value is -2.08. The zero-order valence-corrected chi connectivity index (χ0v) is 15.5. The van der Waals surface area contributed by atoms with E-state index in [9.17, 15) is 4.79 Å². The number of aromatic nitrogens is 2. The number of ether oxygens (including phenoxy) is 1. The number of para-hydroxylation sites is 2. The molecular weight excluding hydrogens is 316 g/mol. The molecule has 0 unspecified atom stereocenters. The SMILES string of the molecule is C[C@H](N)c1nc2ccccc2n1[C@@H]1CCCN(C(=O)OC(C)(C)C)C1. The standard InChI is InChI=1S/C19H28N4O2/c1-13(20)17-21-15-9-5-6-10-16(15)23(17)14-8-7-11-22(12-14)18(24)25-19(2,3)4/h5-6,9-10,13-14H,7-8,11-12,20H2,1-4H3/t13-,14+/m0/s1.